The number of carboxylic acids is 1. The van der Waals surface area contributed by atoms with Gasteiger partial charge in [-0.2, -0.15) is 0 Å². The summed E-state index contributed by atoms with van der Waals surface area (Å²) >= 11 is 3.31. The van der Waals surface area contributed by atoms with Crippen LogP contribution in [0.15, 0.2) is 22.7 Å². The van der Waals surface area contributed by atoms with Gasteiger partial charge in [0, 0.05) is 28.8 Å². The van der Waals surface area contributed by atoms with Crippen molar-refractivity contribution in [3.63, 3.8) is 0 Å². The molecule has 1 fully saturated rings. The number of likely N-dealkylation sites (tertiary alicyclic amines) is 1. The Kier molecular flexibility index (Phi) is 4.09. The van der Waals surface area contributed by atoms with Crippen molar-refractivity contribution >= 4 is 33.5 Å². The van der Waals surface area contributed by atoms with Gasteiger partial charge in [0.15, 0.2) is 0 Å². The van der Waals surface area contributed by atoms with Crippen LogP contribution in [0.5, 0.6) is 0 Å². The van der Waals surface area contributed by atoms with Crippen molar-refractivity contribution in [2.24, 2.45) is 5.92 Å². The Morgan fingerprint density at radius 2 is 1.89 bits per heavy atom. The highest BCUT2D eigenvalue weighted by atomic mass is 79.9. The summed E-state index contributed by atoms with van der Waals surface area (Å²) < 4.78 is 0.760. The Hall–Kier alpha value is -1.56. The van der Waals surface area contributed by atoms with Gasteiger partial charge < -0.3 is 15.7 Å². The lowest BCUT2D eigenvalue weighted by molar-refractivity contribution is -0.143. The molecule has 5 nitrogen and oxygen atoms in total. The molecule has 1 heterocycles. The summed E-state index contributed by atoms with van der Waals surface area (Å²) in [5, 5.41) is 8.93. The fourth-order valence-electron chi connectivity index (χ4n) is 2.25. The van der Waals surface area contributed by atoms with E-state index in [9.17, 15) is 9.59 Å². The van der Waals surface area contributed by atoms with E-state index >= 15 is 0 Å². The zero-order valence-electron chi connectivity index (χ0n) is 10.3. The minimum atomic E-state index is -0.779. The second-order valence-electron chi connectivity index (χ2n) is 4.68. The zero-order valence-corrected chi connectivity index (χ0v) is 11.9. The highest BCUT2D eigenvalue weighted by molar-refractivity contribution is 9.10. The summed E-state index contributed by atoms with van der Waals surface area (Å²) in [5.41, 5.74) is 6.76. The van der Waals surface area contributed by atoms with E-state index < -0.39 is 5.97 Å². The first-order valence-electron chi connectivity index (χ1n) is 6.05. The molecule has 0 aromatic heterocycles. The fourth-order valence-corrected chi connectivity index (χ4v) is 2.76. The summed E-state index contributed by atoms with van der Waals surface area (Å²) in [6.07, 6.45) is 1.01. The Balaban J connectivity index is 2.07. The summed E-state index contributed by atoms with van der Waals surface area (Å²) in [4.78, 5) is 24.8. The zero-order chi connectivity index (χ0) is 14.0. The monoisotopic (exact) mass is 326 g/mol. The number of benzene rings is 1. The van der Waals surface area contributed by atoms with Crippen LogP contribution in [0.4, 0.5) is 5.69 Å². The normalized spacial score (nSPS) is 16.4. The Morgan fingerprint density at radius 1 is 1.26 bits per heavy atom. The number of piperidine rings is 1. The van der Waals surface area contributed by atoms with E-state index in [1.807, 2.05) is 0 Å². The lowest BCUT2D eigenvalue weighted by Gasteiger charge is -2.30. The first kappa shape index (κ1) is 13.9. The second kappa shape index (κ2) is 5.61. The number of nitrogen functional groups attached to an aromatic ring is 1. The van der Waals surface area contributed by atoms with Crippen molar-refractivity contribution in [2.75, 3.05) is 18.8 Å². The molecular weight excluding hydrogens is 312 g/mol. The average molecular weight is 327 g/mol. The second-order valence-corrected chi connectivity index (χ2v) is 5.59. The molecule has 2 rings (SSSR count). The van der Waals surface area contributed by atoms with Gasteiger partial charge in [-0.3, -0.25) is 9.59 Å². The molecule has 0 spiro atoms. The van der Waals surface area contributed by atoms with E-state index in [-0.39, 0.29) is 11.8 Å². The van der Waals surface area contributed by atoms with Crippen LogP contribution in [0.1, 0.15) is 23.2 Å². The number of carboxylic acid groups (broad SMARTS) is 1. The maximum Gasteiger partial charge on any atom is 0.306 e. The molecule has 0 bridgehead atoms. The molecule has 1 saturated heterocycles. The van der Waals surface area contributed by atoms with Crippen LogP contribution in [0, 0.1) is 5.92 Å². The van der Waals surface area contributed by atoms with E-state index in [4.69, 9.17) is 10.8 Å². The van der Waals surface area contributed by atoms with Crippen molar-refractivity contribution in [1.82, 2.24) is 4.90 Å². The van der Waals surface area contributed by atoms with E-state index in [0.717, 1.165) is 4.47 Å². The van der Waals surface area contributed by atoms with Gasteiger partial charge in [0.1, 0.15) is 0 Å². The van der Waals surface area contributed by atoms with Crippen molar-refractivity contribution in [2.45, 2.75) is 12.8 Å². The van der Waals surface area contributed by atoms with Crippen molar-refractivity contribution in [3.8, 4) is 0 Å². The van der Waals surface area contributed by atoms with Gasteiger partial charge >= 0.3 is 5.97 Å². The van der Waals surface area contributed by atoms with E-state index in [2.05, 4.69) is 15.9 Å². The lowest BCUT2D eigenvalue weighted by atomic mass is 9.96. The van der Waals surface area contributed by atoms with Gasteiger partial charge in [-0.05, 0) is 31.0 Å². The highest BCUT2D eigenvalue weighted by Crippen LogP contribution is 2.22. The molecule has 6 heteroatoms. The van der Waals surface area contributed by atoms with Crippen molar-refractivity contribution < 1.29 is 14.7 Å². The van der Waals surface area contributed by atoms with Crippen LogP contribution in [0.3, 0.4) is 0 Å². The molecule has 102 valence electrons. The Morgan fingerprint density at radius 3 is 2.42 bits per heavy atom. The number of nitrogens with two attached hydrogens (primary N) is 1. The van der Waals surface area contributed by atoms with Crippen molar-refractivity contribution in [3.05, 3.63) is 28.2 Å². The number of amides is 1. The fraction of sp³-hybridized carbons (Fsp3) is 0.385. The van der Waals surface area contributed by atoms with E-state index in [0.29, 0.717) is 37.2 Å². The number of halogens is 1. The third kappa shape index (κ3) is 3.26. The van der Waals surface area contributed by atoms with Crippen LogP contribution in [0.2, 0.25) is 0 Å². The summed E-state index contributed by atoms with van der Waals surface area (Å²) in [6.45, 7) is 0.949. The van der Waals surface area contributed by atoms with E-state index in [1.54, 1.807) is 23.1 Å². The van der Waals surface area contributed by atoms with Crippen LogP contribution in [-0.2, 0) is 4.79 Å². The predicted octanol–water partition coefficient (Wildman–Crippen LogP) is 1.97. The van der Waals surface area contributed by atoms with Gasteiger partial charge in [-0.1, -0.05) is 15.9 Å². The molecule has 0 aliphatic carbocycles. The molecule has 0 atom stereocenters. The molecule has 1 amide bonds. The molecule has 0 saturated carbocycles. The molecule has 1 aliphatic heterocycles. The van der Waals surface area contributed by atoms with Gasteiger partial charge in [0.2, 0.25) is 0 Å². The molecule has 1 aromatic carbocycles. The number of carbonyl (C=O) groups excluding carboxylic acids is 1. The maximum atomic E-state index is 12.3. The number of rotatable bonds is 2. The minimum absolute atomic E-state index is 0.100. The first-order chi connectivity index (χ1) is 8.97. The number of nitrogens with zero attached hydrogens (tertiary/aromatic N) is 1. The Labute approximate surface area is 119 Å². The first-order valence-corrected chi connectivity index (χ1v) is 6.85. The average Bonchev–Trinajstić information content (AvgIpc) is 2.37. The number of aliphatic carboxylic acids is 1. The van der Waals surface area contributed by atoms with Gasteiger partial charge in [0.05, 0.1) is 5.92 Å². The largest absolute Gasteiger partial charge is 0.481 e. The van der Waals surface area contributed by atoms with Gasteiger partial charge in [-0.15, -0.1) is 0 Å². The number of hydrogen-bond acceptors (Lipinski definition) is 3. The van der Waals surface area contributed by atoms with Crippen molar-refractivity contribution in [1.29, 1.82) is 0 Å². The predicted molar refractivity (Wildman–Crippen MR) is 74.8 cm³/mol. The third-order valence-electron chi connectivity index (χ3n) is 3.30. The summed E-state index contributed by atoms with van der Waals surface area (Å²) in [6, 6.07) is 5.09. The topological polar surface area (TPSA) is 83.6 Å². The molecule has 1 aromatic rings. The standard InChI is InChI=1S/C13H15BrN2O3/c14-10-5-9(6-11(15)7-10)12(17)16-3-1-8(2-4-16)13(18)19/h5-8H,1-4,15H2,(H,18,19). The molecule has 3 N–H and O–H groups in total. The van der Waals surface area contributed by atoms with E-state index in [1.165, 1.54) is 0 Å². The summed E-state index contributed by atoms with van der Waals surface area (Å²) in [5.74, 6) is -1.22. The Bertz CT molecular complexity index is 490. The minimum Gasteiger partial charge on any atom is -0.481 e. The van der Waals surface area contributed by atoms with Crippen LogP contribution < -0.4 is 5.73 Å². The summed E-state index contributed by atoms with van der Waals surface area (Å²) in [7, 11) is 0. The smallest absolute Gasteiger partial charge is 0.306 e. The molecule has 0 unspecified atom stereocenters. The molecule has 1 aliphatic rings. The van der Waals surface area contributed by atoms with Crippen LogP contribution in [-0.4, -0.2) is 35.0 Å². The van der Waals surface area contributed by atoms with Gasteiger partial charge in [0.25, 0.3) is 5.91 Å². The lowest BCUT2D eigenvalue weighted by Crippen LogP contribution is -2.40. The molecule has 19 heavy (non-hydrogen) atoms. The SMILES string of the molecule is Nc1cc(Br)cc(C(=O)N2CCC(C(=O)O)CC2)c1. The third-order valence-corrected chi connectivity index (χ3v) is 3.76. The van der Waals surface area contributed by atoms with Crippen LogP contribution in [0.25, 0.3) is 0 Å². The number of carbonyl (C=O) groups is 2. The quantitative estimate of drug-likeness (QED) is 0.814. The number of anilines is 1. The highest BCUT2D eigenvalue weighted by Gasteiger charge is 2.27. The van der Waals surface area contributed by atoms with Crippen LogP contribution >= 0.6 is 15.9 Å². The molecule has 0 radical (unpaired) electrons. The number of hydrogen-bond donors (Lipinski definition) is 2. The maximum absolute atomic E-state index is 12.3. The molecular formula is C13H15BrN2O3. The van der Waals surface area contributed by atoms with Gasteiger partial charge in [-0.25, -0.2) is 0 Å².